The van der Waals surface area contributed by atoms with Gasteiger partial charge in [-0.15, -0.1) is 0 Å². The predicted octanol–water partition coefficient (Wildman–Crippen LogP) is 3.66. The summed E-state index contributed by atoms with van der Waals surface area (Å²) in [5, 5.41) is 3.19. The van der Waals surface area contributed by atoms with Crippen molar-refractivity contribution >= 4 is 5.91 Å². The number of hydrogen-bond donors (Lipinski definition) is 1. The van der Waals surface area contributed by atoms with Crippen LogP contribution in [0.4, 0.5) is 0 Å². The number of rotatable bonds is 7. The van der Waals surface area contributed by atoms with Gasteiger partial charge in [0.1, 0.15) is 0 Å². The molecule has 0 saturated heterocycles. The largest absolute Gasteiger partial charge is 0.348 e. The van der Waals surface area contributed by atoms with Crippen LogP contribution in [-0.4, -0.2) is 31.4 Å². The summed E-state index contributed by atoms with van der Waals surface area (Å²) in [6.07, 6.45) is 1.29. The van der Waals surface area contributed by atoms with E-state index < -0.39 is 0 Å². The quantitative estimate of drug-likeness (QED) is 0.843. The smallest absolute Gasteiger partial charge is 0.220 e. The van der Waals surface area contributed by atoms with Crippen LogP contribution in [0.1, 0.15) is 34.7 Å². The molecule has 2 rings (SSSR count). The molecule has 0 heterocycles. The highest BCUT2D eigenvalue weighted by atomic mass is 16.1. The van der Waals surface area contributed by atoms with E-state index >= 15 is 0 Å². The Labute approximate surface area is 145 Å². The summed E-state index contributed by atoms with van der Waals surface area (Å²) in [6.45, 7) is 4.99. The zero-order valence-corrected chi connectivity index (χ0v) is 15.2. The van der Waals surface area contributed by atoms with Crippen molar-refractivity contribution in [3.05, 3.63) is 70.8 Å². The number of aryl methyl sites for hydroxylation is 3. The number of likely N-dealkylation sites (N-methyl/N-ethyl adjacent to an activating group) is 1. The molecular weight excluding hydrogens is 296 g/mol. The second-order valence-electron chi connectivity index (χ2n) is 6.72. The van der Waals surface area contributed by atoms with Crippen LogP contribution in [0.5, 0.6) is 0 Å². The van der Waals surface area contributed by atoms with Gasteiger partial charge in [-0.1, -0.05) is 54.1 Å². The van der Waals surface area contributed by atoms with Crippen LogP contribution in [0.25, 0.3) is 0 Å². The van der Waals surface area contributed by atoms with E-state index in [0.29, 0.717) is 6.42 Å². The zero-order valence-electron chi connectivity index (χ0n) is 15.2. The summed E-state index contributed by atoms with van der Waals surface area (Å²) in [5.74, 6) is 0.102. The van der Waals surface area contributed by atoms with E-state index in [1.54, 1.807) is 0 Å². The molecule has 1 amide bonds. The van der Waals surface area contributed by atoms with Gasteiger partial charge in [0.15, 0.2) is 0 Å². The molecule has 1 unspecified atom stereocenters. The van der Waals surface area contributed by atoms with Crippen LogP contribution < -0.4 is 5.32 Å². The number of nitrogens with one attached hydrogen (secondary N) is 1. The van der Waals surface area contributed by atoms with Crippen molar-refractivity contribution in [2.45, 2.75) is 32.7 Å². The van der Waals surface area contributed by atoms with E-state index in [0.717, 1.165) is 18.5 Å². The molecule has 0 fully saturated rings. The third-order valence-corrected chi connectivity index (χ3v) is 4.20. The molecule has 0 radical (unpaired) electrons. The Bertz CT molecular complexity index is 665. The third kappa shape index (κ3) is 5.50. The summed E-state index contributed by atoms with van der Waals surface area (Å²) < 4.78 is 0. The minimum Gasteiger partial charge on any atom is -0.348 e. The van der Waals surface area contributed by atoms with Crippen LogP contribution in [0.2, 0.25) is 0 Å². The van der Waals surface area contributed by atoms with Gasteiger partial charge in [-0.05, 0) is 51.1 Å². The van der Waals surface area contributed by atoms with Gasteiger partial charge in [0.25, 0.3) is 0 Å². The van der Waals surface area contributed by atoms with Crippen LogP contribution in [-0.2, 0) is 11.2 Å². The number of benzene rings is 2. The van der Waals surface area contributed by atoms with Crippen LogP contribution >= 0.6 is 0 Å². The van der Waals surface area contributed by atoms with Crippen LogP contribution in [0.15, 0.2) is 48.5 Å². The van der Waals surface area contributed by atoms with Crippen molar-refractivity contribution < 1.29 is 4.79 Å². The monoisotopic (exact) mass is 324 g/mol. The fourth-order valence-electron chi connectivity index (χ4n) is 2.93. The van der Waals surface area contributed by atoms with Crippen molar-refractivity contribution in [1.82, 2.24) is 10.2 Å². The van der Waals surface area contributed by atoms with Gasteiger partial charge < -0.3 is 10.2 Å². The van der Waals surface area contributed by atoms with E-state index in [1.165, 1.54) is 16.7 Å². The third-order valence-electron chi connectivity index (χ3n) is 4.20. The minimum absolute atomic E-state index is 0.0211. The SMILES string of the molecule is Cc1ccc(CCC(=O)NC(CN(C)C)c2ccccc2)c(C)c1. The first-order chi connectivity index (χ1) is 11.5. The Kier molecular flexibility index (Phi) is 6.56. The molecule has 0 aliphatic rings. The van der Waals surface area contributed by atoms with Crippen molar-refractivity contribution in [3.8, 4) is 0 Å². The molecule has 3 nitrogen and oxygen atoms in total. The van der Waals surface area contributed by atoms with Gasteiger partial charge in [-0.3, -0.25) is 4.79 Å². The maximum absolute atomic E-state index is 12.4. The predicted molar refractivity (Wildman–Crippen MR) is 100 cm³/mol. The van der Waals surface area contributed by atoms with Gasteiger partial charge >= 0.3 is 0 Å². The van der Waals surface area contributed by atoms with Crippen molar-refractivity contribution in [2.75, 3.05) is 20.6 Å². The Hall–Kier alpha value is -2.13. The first-order valence-corrected chi connectivity index (χ1v) is 8.51. The molecule has 0 aliphatic heterocycles. The van der Waals surface area contributed by atoms with Crippen LogP contribution in [0.3, 0.4) is 0 Å². The molecule has 0 bridgehead atoms. The zero-order chi connectivity index (χ0) is 17.5. The number of nitrogens with zero attached hydrogens (tertiary/aromatic N) is 1. The lowest BCUT2D eigenvalue weighted by Crippen LogP contribution is -2.35. The average molecular weight is 324 g/mol. The first-order valence-electron chi connectivity index (χ1n) is 8.51. The number of carbonyl (C=O) groups is 1. The van der Waals surface area contributed by atoms with E-state index in [2.05, 4.69) is 54.4 Å². The Morgan fingerprint density at radius 1 is 1.08 bits per heavy atom. The van der Waals surface area contributed by atoms with E-state index in [-0.39, 0.29) is 11.9 Å². The molecule has 0 spiro atoms. The van der Waals surface area contributed by atoms with Crippen molar-refractivity contribution in [1.29, 1.82) is 0 Å². The Balaban J connectivity index is 1.97. The summed E-state index contributed by atoms with van der Waals surface area (Å²) in [6, 6.07) is 16.6. The average Bonchev–Trinajstić information content (AvgIpc) is 2.54. The van der Waals surface area contributed by atoms with Gasteiger partial charge in [-0.25, -0.2) is 0 Å². The highest BCUT2D eigenvalue weighted by Gasteiger charge is 2.15. The molecule has 2 aromatic carbocycles. The molecule has 1 atom stereocenters. The lowest BCUT2D eigenvalue weighted by atomic mass is 10.0. The lowest BCUT2D eigenvalue weighted by Gasteiger charge is -2.23. The molecule has 1 N–H and O–H groups in total. The Morgan fingerprint density at radius 2 is 1.79 bits per heavy atom. The maximum Gasteiger partial charge on any atom is 0.220 e. The van der Waals surface area contributed by atoms with E-state index in [9.17, 15) is 4.79 Å². The Morgan fingerprint density at radius 3 is 2.42 bits per heavy atom. The van der Waals surface area contributed by atoms with Gasteiger partial charge in [0.2, 0.25) is 5.91 Å². The van der Waals surface area contributed by atoms with Crippen molar-refractivity contribution in [2.24, 2.45) is 0 Å². The van der Waals surface area contributed by atoms with Gasteiger partial charge in [-0.2, -0.15) is 0 Å². The topological polar surface area (TPSA) is 32.3 Å². The maximum atomic E-state index is 12.4. The van der Waals surface area contributed by atoms with Crippen LogP contribution in [0, 0.1) is 13.8 Å². The second kappa shape index (κ2) is 8.65. The number of carbonyl (C=O) groups excluding carboxylic acids is 1. The molecule has 0 aliphatic carbocycles. The molecular formula is C21H28N2O. The fraction of sp³-hybridized carbons (Fsp3) is 0.381. The molecule has 128 valence electrons. The normalized spacial score (nSPS) is 12.2. The van der Waals surface area contributed by atoms with Gasteiger partial charge in [0.05, 0.1) is 6.04 Å². The molecule has 24 heavy (non-hydrogen) atoms. The standard InChI is InChI=1S/C21H28N2O/c1-16-10-11-18(17(2)14-16)12-13-21(24)22-20(15-23(3)4)19-8-6-5-7-9-19/h5-11,14,20H,12-13,15H2,1-4H3,(H,22,24). The minimum atomic E-state index is 0.0211. The first kappa shape index (κ1) is 18.2. The summed E-state index contributed by atoms with van der Waals surface area (Å²) in [7, 11) is 4.05. The summed E-state index contributed by atoms with van der Waals surface area (Å²) >= 11 is 0. The highest BCUT2D eigenvalue weighted by Crippen LogP contribution is 2.15. The molecule has 2 aromatic rings. The second-order valence-corrected chi connectivity index (χ2v) is 6.72. The van der Waals surface area contributed by atoms with E-state index in [4.69, 9.17) is 0 Å². The highest BCUT2D eigenvalue weighted by molar-refractivity contribution is 5.76. The van der Waals surface area contributed by atoms with Crippen molar-refractivity contribution in [3.63, 3.8) is 0 Å². The van der Waals surface area contributed by atoms with E-state index in [1.807, 2.05) is 32.3 Å². The lowest BCUT2D eigenvalue weighted by molar-refractivity contribution is -0.121. The summed E-state index contributed by atoms with van der Waals surface area (Å²) in [5.41, 5.74) is 4.91. The molecule has 0 saturated carbocycles. The number of hydrogen-bond acceptors (Lipinski definition) is 2. The fourth-order valence-corrected chi connectivity index (χ4v) is 2.93. The molecule has 3 heteroatoms. The number of amides is 1. The molecule has 0 aromatic heterocycles. The van der Waals surface area contributed by atoms with Gasteiger partial charge in [0, 0.05) is 13.0 Å². The summed E-state index contributed by atoms with van der Waals surface area (Å²) in [4.78, 5) is 14.5.